The van der Waals surface area contributed by atoms with E-state index in [1.165, 1.54) is 45.3 Å². The minimum Gasteiger partial charge on any atom is -0.486 e. The van der Waals surface area contributed by atoms with E-state index in [-0.39, 0.29) is 10.5 Å². The number of amides is 1. The molecular weight excluding hydrogens is 412 g/mol. The van der Waals surface area contributed by atoms with Crippen LogP contribution in [0.2, 0.25) is 0 Å². The quantitative estimate of drug-likeness (QED) is 0.691. The number of anilines is 1. The lowest BCUT2D eigenvalue weighted by atomic mass is 10.2. The molecule has 10 heteroatoms. The highest BCUT2D eigenvalue weighted by molar-refractivity contribution is 7.89. The molecule has 2 aromatic rings. The largest absolute Gasteiger partial charge is 0.486 e. The van der Waals surface area contributed by atoms with Gasteiger partial charge in [-0.3, -0.25) is 4.79 Å². The highest BCUT2D eigenvalue weighted by Gasteiger charge is 2.23. The lowest BCUT2D eigenvalue weighted by molar-refractivity contribution is -0.123. The smallest absolute Gasteiger partial charge is 0.338 e. The third kappa shape index (κ3) is 4.71. The molecule has 1 unspecified atom stereocenters. The van der Waals surface area contributed by atoms with Crippen LogP contribution < -0.4 is 14.8 Å². The first-order chi connectivity index (χ1) is 14.2. The van der Waals surface area contributed by atoms with Gasteiger partial charge < -0.3 is 19.5 Å². The molecule has 0 radical (unpaired) electrons. The van der Waals surface area contributed by atoms with E-state index in [0.29, 0.717) is 30.4 Å². The minimum atomic E-state index is -3.70. The number of hydrogen-bond donors (Lipinski definition) is 1. The molecule has 0 spiro atoms. The third-order valence-electron chi connectivity index (χ3n) is 4.31. The van der Waals surface area contributed by atoms with Crippen LogP contribution in [0.25, 0.3) is 0 Å². The molecule has 0 aliphatic carbocycles. The van der Waals surface area contributed by atoms with Crippen molar-refractivity contribution in [1.82, 2.24) is 4.31 Å². The van der Waals surface area contributed by atoms with Crippen LogP contribution in [0.4, 0.5) is 5.69 Å². The summed E-state index contributed by atoms with van der Waals surface area (Å²) >= 11 is 0. The van der Waals surface area contributed by atoms with E-state index >= 15 is 0 Å². The molecule has 3 rings (SSSR count). The van der Waals surface area contributed by atoms with Crippen LogP contribution >= 0.6 is 0 Å². The van der Waals surface area contributed by atoms with Gasteiger partial charge in [-0.25, -0.2) is 17.5 Å². The zero-order chi connectivity index (χ0) is 21.9. The highest BCUT2D eigenvalue weighted by atomic mass is 32.2. The Hall–Kier alpha value is -3.11. The summed E-state index contributed by atoms with van der Waals surface area (Å²) in [6, 6.07) is 10.4. The summed E-state index contributed by atoms with van der Waals surface area (Å²) in [6.07, 6.45) is -1.11. The van der Waals surface area contributed by atoms with E-state index in [4.69, 9.17) is 14.2 Å². The van der Waals surface area contributed by atoms with Crippen LogP contribution in [-0.2, 0) is 19.6 Å². The Morgan fingerprint density at radius 2 is 1.77 bits per heavy atom. The molecule has 0 saturated heterocycles. The minimum absolute atomic E-state index is 0.0249. The second-order valence-electron chi connectivity index (χ2n) is 6.71. The number of rotatable bonds is 6. The summed E-state index contributed by atoms with van der Waals surface area (Å²) in [5, 5.41) is 2.64. The number of fused-ring (bicyclic) bond motifs is 1. The molecule has 1 N–H and O–H groups in total. The number of carbonyl (C=O) groups excluding carboxylic acids is 2. The van der Waals surface area contributed by atoms with Gasteiger partial charge in [-0.05, 0) is 37.3 Å². The first-order valence-electron chi connectivity index (χ1n) is 9.12. The molecular formula is C20H22N2O7S. The van der Waals surface area contributed by atoms with Gasteiger partial charge in [0.15, 0.2) is 17.6 Å². The van der Waals surface area contributed by atoms with Crippen LogP contribution in [0.3, 0.4) is 0 Å². The number of sulfonamides is 1. The van der Waals surface area contributed by atoms with Gasteiger partial charge >= 0.3 is 5.97 Å². The number of hydrogen-bond acceptors (Lipinski definition) is 7. The summed E-state index contributed by atoms with van der Waals surface area (Å²) in [7, 11) is -0.915. The average Bonchev–Trinajstić information content (AvgIpc) is 2.73. The Labute approximate surface area is 174 Å². The lowest BCUT2D eigenvalue weighted by Gasteiger charge is -2.19. The lowest BCUT2D eigenvalue weighted by Crippen LogP contribution is -2.30. The molecule has 1 atom stereocenters. The molecule has 0 fully saturated rings. The molecule has 1 aliphatic heterocycles. The fourth-order valence-corrected chi connectivity index (χ4v) is 3.59. The van der Waals surface area contributed by atoms with Crippen molar-refractivity contribution in [2.45, 2.75) is 17.9 Å². The summed E-state index contributed by atoms with van der Waals surface area (Å²) in [6.45, 7) is 2.30. The third-order valence-corrected chi connectivity index (χ3v) is 6.12. The standard InChI is InChI=1S/C20H22N2O7S/c1-13(19(23)21-15-7-8-17-18(12-15)28-10-9-27-17)29-20(24)14-5-4-6-16(11-14)30(25,26)22(2)3/h4-8,11-13H,9-10H2,1-3H3,(H,21,23). The van der Waals surface area contributed by atoms with Crippen molar-refractivity contribution in [2.75, 3.05) is 32.6 Å². The first-order valence-corrected chi connectivity index (χ1v) is 10.6. The normalized spacial score (nSPS) is 14.1. The Kier molecular flexibility index (Phi) is 6.28. The van der Waals surface area contributed by atoms with Crippen molar-refractivity contribution < 1.29 is 32.2 Å². The molecule has 9 nitrogen and oxygen atoms in total. The van der Waals surface area contributed by atoms with Crippen molar-refractivity contribution >= 4 is 27.6 Å². The molecule has 0 bridgehead atoms. The topological polar surface area (TPSA) is 111 Å². The molecule has 1 aliphatic rings. The molecule has 0 aromatic heterocycles. The second-order valence-corrected chi connectivity index (χ2v) is 8.86. The van der Waals surface area contributed by atoms with Crippen molar-refractivity contribution in [3.8, 4) is 11.5 Å². The van der Waals surface area contributed by atoms with Crippen molar-refractivity contribution in [3.05, 3.63) is 48.0 Å². The second kappa shape index (κ2) is 8.72. The van der Waals surface area contributed by atoms with Crippen LogP contribution in [0.15, 0.2) is 47.4 Å². The van der Waals surface area contributed by atoms with Crippen molar-refractivity contribution in [2.24, 2.45) is 0 Å². The summed E-state index contributed by atoms with van der Waals surface area (Å²) in [5.41, 5.74) is 0.489. The predicted octanol–water partition coefficient (Wildman–Crippen LogP) is 1.89. The van der Waals surface area contributed by atoms with Crippen LogP contribution in [0.5, 0.6) is 11.5 Å². The maximum atomic E-state index is 12.4. The maximum absolute atomic E-state index is 12.4. The number of benzene rings is 2. The SMILES string of the molecule is CC(OC(=O)c1cccc(S(=O)(=O)N(C)C)c1)C(=O)Nc1ccc2c(c1)OCCO2. The number of nitrogens with one attached hydrogen (secondary N) is 1. The van der Waals surface area contributed by atoms with E-state index < -0.39 is 28.0 Å². The zero-order valence-electron chi connectivity index (χ0n) is 16.7. The van der Waals surface area contributed by atoms with E-state index in [2.05, 4.69) is 5.32 Å². The summed E-state index contributed by atoms with van der Waals surface area (Å²) < 4.78 is 41.6. The van der Waals surface area contributed by atoms with Gasteiger partial charge in [0.1, 0.15) is 13.2 Å². The average molecular weight is 434 g/mol. The van der Waals surface area contributed by atoms with Crippen molar-refractivity contribution in [1.29, 1.82) is 0 Å². The monoisotopic (exact) mass is 434 g/mol. The Bertz CT molecular complexity index is 1070. The maximum Gasteiger partial charge on any atom is 0.338 e. The number of nitrogens with zero attached hydrogens (tertiary/aromatic N) is 1. The van der Waals surface area contributed by atoms with Crippen LogP contribution in [0, 0.1) is 0 Å². The molecule has 0 saturated carbocycles. The van der Waals surface area contributed by atoms with E-state index in [9.17, 15) is 18.0 Å². The predicted molar refractivity (Wildman–Crippen MR) is 108 cm³/mol. The van der Waals surface area contributed by atoms with Gasteiger partial charge in [0.2, 0.25) is 10.0 Å². The summed E-state index contributed by atoms with van der Waals surface area (Å²) in [5.74, 6) is -0.248. The number of esters is 1. The fraction of sp³-hybridized carbons (Fsp3) is 0.300. The Morgan fingerprint density at radius 3 is 2.47 bits per heavy atom. The van der Waals surface area contributed by atoms with E-state index in [1.807, 2.05) is 0 Å². The van der Waals surface area contributed by atoms with Crippen LogP contribution in [-0.4, -0.2) is 58.0 Å². The molecule has 2 aromatic carbocycles. The molecule has 160 valence electrons. The Balaban J connectivity index is 1.66. The van der Waals surface area contributed by atoms with Gasteiger partial charge in [-0.2, -0.15) is 0 Å². The summed E-state index contributed by atoms with van der Waals surface area (Å²) in [4.78, 5) is 24.8. The van der Waals surface area contributed by atoms with Gasteiger partial charge in [0, 0.05) is 25.8 Å². The van der Waals surface area contributed by atoms with Crippen molar-refractivity contribution in [3.63, 3.8) is 0 Å². The van der Waals surface area contributed by atoms with Crippen LogP contribution in [0.1, 0.15) is 17.3 Å². The molecule has 30 heavy (non-hydrogen) atoms. The molecule has 1 heterocycles. The van der Waals surface area contributed by atoms with E-state index in [0.717, 1.165) is 4.31 Å². The molecule has 1 amide bonds. The fourth-order valence-electron chi connectivity index (χ4n) is 2.64. The first kappa shape index (κ1) is 21.6. The Morgan fingerprint density at radius 1 is 1.07 bits per heavy atom. The van der Waals surface area contributed by atoms with Gasteiger partial charge in [0.05, 0.1) is 10.5 Å². The number of carbonyl (C=O) groups is 2. The van der Waals surface area contributed by atoms with Gasteiger partial charge in [0.25, 0.3) is 5.91 Å². The van der Waals surface area contributed by atoms with Gasteiger partial charge in [-0.15, -0.1) is 0 Å². The van der Waals surface area contributed by atoms with E-state index in [1.54, 1.807) is 18.2 Å². The number of ether oxygens (including phenoxy) is 3. The zero-order valence-corrected chi connectivity index (χ0v) is 17.6. The van der Waals surface area contributed by atoms with Gasteiger partial charge in [-0.1, -0.05) is 6.07 Å². The highest BCUT2D eigenvalue weighted by Crippen LogP contribution is 2.32.